The second kappa shape index (κ2) is 7.41. The van der Waals surface area contributed by atoms with E-state index in [9.17, 15) is 9.90 Å². The Morgan fingerprint density at radius 3 is 3.00 bits per heavy atom. The van der Waals surface area contributed by atoms with E-state index in [0.29, 0.717) is 12.0 Å². The lowest BCUT2D eigenvalue weighted by molar-refractivity contribution is 0.0574. The molecule has 1 saturated heterocycles. The molecular weight excluding hydrogens is 266 g/mol. The Bertz CT molecular complexity index is 488. The van der Waals surface area contributed by atoms with E-state index >= 15 is 0 Å². The quantitative estimate of drug-likeness (QED) is 0.873. The van der Waals surface area contributed by atoms with Crippen LogP contribution in [0.3, 0.4) is 0 Å². The number of carbonyl (C=O) groups is 1. The number of rotatable bonds is 5. The number of aliphatic hydroxyl groups excluding tert-OH is 1. The second-order valence-electron chi connectivity index (χ2n) is 5.57. The lowest BCUT2D eigenvalue weighted by Crippen LogP contribution is -2.44. The van der Waals surface area contributed by atoms with Gasteiger partial charge in [0.05, 0.1) is 0 Å². The largest absolute Gasteiger partial charge is 0.396 e. The van der Waals surface area contributed by atoms with Crippen molar-refractivity contribution in [3.05, 3.63) is 23.4 Å². The third-order valence-electron chi connectivity index (χ3n) is 3.91. The van der Waals surface area contributed by atoms with Crippen LogP contribution in [-0.4, -0.2) is 46.6 Å². The van der Waals surface area contributed by atoms with Crippen molar-refractivity contribution in [2.75, 3.05) is 25.0 Å². The van der Waals surface area contributed by atoms with Gasteiger partial charge in [0.15, 0.2) is 0 Å². The molecule has 21 heavy (non-hydrogen) atoms. The van der Waals surface area contributed by atoms with Gasteiger partial charge in [-0.3, -0.25) is 4.79 Å². The maximum absolute atomic E-state index is 12.8. The van der Waals surface area contributed by atoms with E-state index < -0.39 is 0 Å². The molecule has 2 heterocycles. The predicted octanol–water partition coefficient (Wildman–Crippen LogP) is 2.20. The minimum absolute atomic E-state index is 0.0535. The fourth-order valence-electron chi connectivity index (χ4n) is 2.95. The molecule has 0 aromatic carbocycles. The van der Waals surface area contributed by atoms with Crippen LogP contribution in [0.25, 0.3) is 0 Å². The molecule has 1 aliphatic heterocycles. The number of anilines is 1. The van der Waals surface area contributed by atoms with E-state index in [2.05, 4.69) is 10.3 Å². The molecule has 0 aliphatic carbocycles. The molecule has 0 saturated carbocycles. The van der Waals surface area contributed by atoms with E-state index in [4.69, 9.17) is 0 Å². The Kier molecular flexibility index (Phi) is 5.56. The Morgan fingerprint density at radius 1 is 1.48 bits per heavy atom. The summed E-state index contributed by atoms with van der Waals surface area (Å²) in [4.78, 5) is 19.1. The molecular formula is C16H25N3O2. The van der Waals surface area contributed by atoms with Crippen molar-refractivity contribution in [1.29, 1.82) is 0 Å². The molecule has 116 valence electrons. The number of piperidine rings is 1. The van der Waals surface area contributed by atoms with Gasteiger partial charge in [-0.05, 0) is 51.7 Å². The minimum Gasteiger partial charge on any atom is -0.396 e. The fraction of sp³-hybridized carbons (Fsp3) is 0.625. The van der Waals surface area contributed by atoms with Crippen LogP contribution in [0.15, 0.2) is 12.1 Å². The monoisotopic (exact) mass is 291 g/mol. The minimum atomic E-state index is 0.0535. The number of amides is 1. The van der Waals surface area contributed by atoms with E-state index in [1.807, 2.05) is 30.9 Å². The van der Waals surface area contributed by atoms with Crippen molar-refractivity contribution in [2.45, 2.75) is 45.6 Å². The second-order valence-corrected chi connectivity index (χ2v) is 5.57. The smallest absolute Gasteiger partial charge is 0.254 e. The molecule has 1 aromatic heterocycles. The number of hydrogen-bond acceptors (Lipinski definition) is 4. The first-order chi connectivity index (χ1) is 10.2. The van der Waals surface area contributed by atoms with Crippen LogP contribution in [0.1, 0.15) is 48.7 Å². The number of pyridine rings is 1. The summed E-state index contributed by atoms with van der Waals surface area (Å²) in [5.74, 6) is 0.800. The van der Waals surface area contributed by atoms with Crippen molar-refractivity contribution < 1.29 is 9.90 Å². The number of nitrogens with one attached hydrogen (secondary N) is 1. The van der Waals surface area contributed by atoms with E-state index in [-0.39, 0.29) is 18.6 Å². The van der Waals surface area contributed by atoms with Crippen molar-refractivity contribution in [2.24, 2.45) is 0 Å². The first-order valence-corrected chi connectivity index (χ1v) is 7.80. The van der Waals surface area contributed by atoms with Gasteiger partial charge in [0.25, 0.3) is 5.91 Å². The summed E-state index contributed by atoms with van der Waals surface area (Å²) >= 11 is 0. The van der Waals surface area contributed by atoms with E-state index in [0.717, 1.165) is 43.9 Å². The zero-order chi connectivity index (χ0) is 15.2. The van der Waals surface area contributed by atoms with Crippen molar-refractivity contribution in [3.8, 4) is 0 Å². The summed E-state index contributed by atoms with van der Waals surface area (Å²) in [6, 6.07) is 3.82. The summed E-state index contributed by atoms with van der Waals surface area (Å²) in [6.45, 7) is 5.60. The highest BCUT2D eigenvalue weighted by Crippen LogP contribution is 2.23. The lowest BCUT2D eigenvalue weighted by atomic mass is 9.98. The van der Waals surface area contributed by atoms with Gasteiger partial charge in [0.1, 0.15) is 5.82 Å². The normalized spacial score (nSPS) is 18.6. The molecule has 2 rings (SSSR count). The standard InChI is InChI=1S/C16H25N3O2/c1-3-17-15-11-13(10-12(2)18-15)16(21)19-8-5-4-6-14(19)7-9-20/h10-11,14,20H,3-9H2,1-2H3,(H,17,18). The van der Waals surface area contributed by atoms with Crippen LogP contribution in [0.2, 0.25) is 0 Å². The first-order valence-electron chi connectivity index (χ1n) is 7.80. The average molecular weight is 291 g/mol. The highest BCUT2D eigenvalue weighted by atomic mass is 16.3. The van der Waals surface area contributed by atoms with Crippen LogP contribution in [0.5, 0.6) is 0 Å². The molecule has 1 aromatic rings. The predicted molar refractivity (Wildman–Crippen MR) is 83.5 cm³/mol. The number of aromatic nitrogens is 1. The summed E-state index contributed by atoms with van der Waals surface area (Å²) in [7, 11) is 0. The molecule has 0 radical (unpaired) electrons. The van der Waals surface area contributed by atoms with Crippen LogP contribution in [0, 0.1) is 6.92 Å². The molecule has 1 fully saturated rings. The van der Waals surface area contributed by atoms with Crippen LogP contribution in [0.4, 0.5) is 5.82 Å². The zero-order valence-corrected chi connectivity index (χ0v) is 12.9. The van der Waals surface area contributed by atoms with Gasteiger partial charge in [-0.15, -0.1) is 0 Å². The van der Waals surface area contributed by atoms with Gasteiger partial charge < -0.3 is 15.3 Å². The Balaban J connectivity index is 2.21. The first kappa shape index (κ1) is 15.8. The molecule has 0 bridgehead atoms. The summed E-state index contributed by atoms with van der Waals surface area (Å²) in [5.41, 5.74) is 1.52. The van der Waals surface area contributed by atoms with Gasteiger partial charge in [-0.1, -0.05) is 0 Å². The zero-order valence-electron chi connectivity index (χ0n) is 12.9. The van der Waals surface area contributed by atoms with Crippen molar-refractivity contribution >= 4 is 11.7 Å². The summed E-state index contributed by atoms with van der Waals surface area (Å²) in [6.07, 6.45) is 3.82. The van der Waals surface area contributed by atoms with Crippen LogP contribution < -0.4 is 5.32 Å². The Hall–Kier alpha value is -1.62. The summed E-state index contributed by atoms with van der Waals surface area (Å²) in [5, 5.41) is 12.3. The van der Waals surface area contributed by atoms with Gasteiger partial charge in [-0.2, -0.15) is 0 Å². The van der Waals surface area contributed by atoms with E-state index in [1.165, 1.54) is 0 Å². The van der Waals surface area contributed by atoms with E-state index in [1.54, 1.807) is 0 Å². The number of hydrogen-bond donors (Lipinski definition) is 2. The molecule has 5 nitrogen and oxygen atoms in total. The Labute approximate surface area is 126 Å². The van der Waals surface area contributed by atoms with Gasteiger partial charge in [0, 0.05) is 37.0 Å². The fourth-order valence-corrected chi connectivity index (χ4v) is 2.95. The SMILES string of the molecule is CCNc1cc(C(=O)N2CCCCC2CCO)cc(C)n1. The highest BCUT2D eigenvalue weighted by molar-refractivity contribution is 5.95. The van der Waals surface area contributed by atoms with Crippen molar-refractivity contribution in [3.63, 3.8) is 0 Å². The third-order valence-corrected chi connectivity index (χ3v) is 3.91. The number of nitrogens with zero attached hydrogens (tertiary/aromatic N) is 2. The number of carbonyl (C=O) groups excluding carboxylic acids is 1. The van der Waals surface area contributed by atoms with Gasteiger partial charge in [-0.25, -0.2) is 4.98 Å². The number of aliphatic hydroxyl groups is 1. The van der Waals surface area contributed by atoms with Gasteiger partial charge >= 0.3 is 0 Å². The lowest BCUT2D eigenvalue weighted by Gasteiger charge is -2.35. The Morgan fingerprint density at radius 2 is 2.29 bits per heavy atom. The molecule has 1 amide bonds. The molecule has 0 spiro atoms. The maximum Gasteiger partial charge on any atom is 0.254 e. The molecule has 1 unspecified atom stereocenters. The topological polar surface area (TPSA) is 65.5 Å². The molecule has 5 heteroatoms. The number of aryl methyl sites for hydroxylation is 1. The molecule has 1 atom stereocenters. The molecule has 1 aliphatic rings. The third kappa shape index (κ3) is 3.94. The van der Waals surface area contributed by atoms with Gasteiger partial charge in [0.2, 0.25) is 0 Å². The summed E-state index contributed by atoms with van der Waals surface area (Å²) < 4.78 is 0. The highest BCUT2D eigenvalue weighted by Gasteiger charge is 2.27. The average Bonchev–Trinajstić information content (AvgIpc) is 2.47. The van der Waals surface area contributed by atoms with Crippen molar-refractivity contribution in [1.82, 2.24) is 9.88 Å². The number of likely N-dealkylation sites (tertiary alicyclic amines) is 1. The van der Waals surface area contributed by atoms with Crippen LogP contribution >= 0.6 is 0 Å². The van der Waals surface area contributed by atoms with Crippen LogP contribution in [-0.2, 0) is 0 Å². The molecule has 2 N–H and O–H groups in total. The maximum atomic E-state index is 12.8.